The molecule has 0 spiro atoms. The van der Waals surface area contributed by atoms with Gasteiger partial charge in [0.15, 0.2) is 5.78 Å². The van der Waals surface area contributed by atoms with Gasteiger partial charge in [-0.05, 0) is 30.1 Å². The molecule has 4 nitrogen and oxygen atoms in total. The van der Waals surface area contributed by atoms with Gasteiger partial charge in [-0.3, -0.25) is 9.59 Å². The summed E-state index contributed by atoms with van der Waals surface area (Å²) in [4.78, 5) is 26.6. The first kappa shape index (κ1) is 25.2. The maximum Gasteiger partial charge on any atom is 0.219 e. The van der Waals surface area contributed by atoms with Crippen molar-refractivity contribution in [2.75, 3.05) is 12.0 Å². The van der Waals surface area contributed by atoms with Crippen LogP contribution >= 0.6 is 22.6 Å². The third-order valence-corrected chi connectivity index (χ3v) is 3.58. The number of hydrogen-bond acceptors (Lipinski definition) is 3. The first-order valence-corrected chi connectivity index (χ1v) is 9.92. The molecule has 0 heterocycles. The Morgan fingerprint density at radius 2 is 1.81 bits per heavy atom. The summed E-state index contributed by atoms with van der Waals surface area (Å²) in [5.41, 5.74) is 2.41. The van der Waals surface area contributed by atoms with E-state index in [0.29, 0.717) is 23.6 Å². The molecule has 0 aliphatic carbocycles. The van der Waals surface area contributed by atoms with Crippen molar-refractivity contribution < 1.29 is 47.0 Å². The van der Waals surface area contributed by atoms with Gasteiger partial charge < -0.3 is 9.64 Å². The predicted octanol–water partition coefficient (Wildman–Crippen LogP) is 4.82. The van der Waals surface area contributed by atoms with Gasteiger partial charge in [0.25, 0.3) is 0 Å². The molecule has 0 saturated carbocycles. The third kappa shape index (κ3) is 7.84. The number of carbonyl (C=O) groups is 2. The number of ether oxygens (including phenoxy) is 1. The Balaban J connectivity index is 0.00000201. The molecule has 2 aromatic rings. The maximum absolute atomic E-state index is 11.6. The minimum absolute atomic E-state index is 0. The second-order valence-corrected chi connectivity index (χ2v) is 5.56. The Morgan fingerprint density at radius 1 is 1.15 bits per heavy atom. The Labute approximate surface area is 194 Å². The summed E-state index contributed by atoms with van der Waals surface area (Å²) in [5.74, 6) is 1.22. The van der Waals surface area contributed by atoms with Crippen molar-refractivity contribution in [3.63, 3.8) is 0 Å². The van der Waals surface area contributed by atoms with Crippen LogP contribution in [0.2, 0.25) is 0 Å². The fraction of sp³-hybridized carbons (Fsp3) is 0.300. The standard InChI is InChI=1S/C19H20NO3.CH3I.Y/c1-13-5-8-18(9-6-13)23-19-10-7-16(14(2)21)11-17(19)12-20(4)15(3)22;1-2;/h5,7-11H,12H2,1-4H3;1H3;/q-1;;. The van der Waals surface area contributed by atoms with E-state index in [-0.39, 0.29) is 44.4 Å². The van der Waals surface area contributed by atoms with Crippen molar-refractivity contribution in [1.29, 1.82) is 0 Å². The van der Waals surface area contributed by atoms with Crippen LogP contribution in [0.1, 0.15) is 35.3 Å². The zero-order valence-electron chi connectivity index (χ0n) is 15.8. The summed E-state index contributed by atoms with van der Waals surface area (Å²) < 4.78 is 5.90. The fourth-order valence-electron chi connectivity index (χ4n) is 2.07. The van der Waals surface area contributed by atoms with Gasteiger partial charge in [-0.1, -0.05) is 29.5 Å². The molecular weight excluding hydrogens is 518 g/mol. The number of carbonyl (C=O) groups excluding carboxylic acids is 2. The van der Waals surface area contributed by atoms with Crippen LogP contribution in [-0.2, 0) is 44.0 Å². The molecule has 0 unspecified atom stereocenters. The SMILES string of the molecule is CC(=O)c1ccc(Oc2c[c-]c(C)cc2)c(CN(C)C(C)=O)c1.CI.[Y]. The summed E-state index contributed by atoms with van der Waals surface area (Å²) in [6.07, 6.45) is 0. The molecule has 1 radical (unpaired) electrons. The van der Waals surface area contributed by atoms with Gasteiger partial charge in [-0.25, -0.2) is 0 Å². The van der Waals surface area contributed by atoms with Crippen molar-refractivity contribution in [3.05, 3.63) is 59.2 Å². The number of rotatable bonds is 5. The molecule has 0 aliphatic rings. The van der Waals surface area contributed by atoms with Crippen LogP contribution in [0.3, 0.4) is 0 Å². The van der Waals surface area contributed by atoms with Crippen molar-refractivity contribution in [2.45, 2.75) is 27.3 Å². The molecule has 2 rings (SSSR count). The van der Waals surface area contributed by atoms with Crippen LogP contribution in [0, 0.1) is 13.0 Å². The fourth-order valence-corrected chi connectivity index (χ4v) is 2.07. The molecule has 0 bridgehead atoms. The number of aryl methyl sites for hydroxylation is 1. The second-order valence-electron chi connectivity index (χ2n) is 5.56. The number of nitrogens with zero attached hydrogens (tertiary/aromatic N) is 1. The number of halogens is 1. The number of ketones is 1. The average Bonchev–Trinajstić information content (AvgIpc) is 2.59. The van der Waals surface area contributed by atoms with Crippen LogP contribution in [0.15, 0.2) is 36.4 Å². The maximum atomic E-state index is 11.6. The van der Waals surface area contributed by atoms with Crippen LogP contribution in [0.25, 0.3) is 0 Å². The molecule has 0 aliphatic heterocycles. The van der Waals surface area contributed by atoms with Crippen molar-refractivity contribution in [2.24, 2.45) is 0 Å². The predicted molar refractivity (Wildman–Crippen MR) is 109 cm³/mol. The van der Waals surface area contributed by atoms with Gasteiger partial charge in [0.05, 0.1) is 0 Å². The molecule has 0 aromatic heterocycles. The smallest absolute Gasteiger partial charge is 0.219 e. The number of amides is 1. The summed E-state index contributed by atoms with van der Waals surface area (Å²) in [6, 6.07) is 13.9. The Kier molecular flexibility index (Phi) is 12.2. The molecule has 0 atom stereocenters. The topological polar surface area (TPSA) is 46.6 Å². The molecule has 137 valence electrons. The molecule has 26 heavy (non-hydrogen) atoms. The number of Topliss-reactive ketones (excluding diaryl/α,β-unsaturated/α-hetero) is 1. The normalized spacial score (nSPS) is 9.31. The Bertz CT molecular complexity index is 732. The number of hydrogen-bond donors (Lipinski definition) is 0. The molecule has 1 amide bonds. The van der Waals surface area contributed by atoms with Gasteiger partial charge >= 0.3 is 0 Å². The molecule has 0 fully saturated rings. The largest absolute Gasteiger partial charge is 0.516 e. The molecule has 2 aromatic carbocycles. The number of benzene rings is 2. The van der Waals surface area contributed by atoms with E-state index in [1.165, 1.54) is 13.8 Å². The second kappa shape index (κ2) is 12.6. The Hall–Kier alpha value is -0.786. The van der Waals surface area contributed by atoms with Crippen LogP contribution in [0.4, 0.5) is 0 Å². The molecular formula is C20H23INO3Y-. The van der Waals surface area contributed by atoms with E-state index in [1.54, 1.807) is 36.2 Å². The monoisotopic (exact) mass is 541 g/mol. The van der Waals surface area contributed by atoms with Gasteiger partial charge in [0.2, 0.25) is 5.91 Å². The molecule has 6 heteroatoms. The minimum atomic E-state index is -0.0483. The van der Waals surface area contributed by atoms with Gasteiger partial charge in [0, 0.05) is 70.1 Å². The van der Waals surface area contributed by atoms with Crippen molar-refractivity contribution in [1.82, 2.24) is 4.90 Å². The molecule has 0 N–H and O–H groups in total. The van der Waals surface area contributed by atoms with Gasteiger partial charge in [-0.2, -0.15) is 17.7 Å². The minimum Gasteiger partial charge on any atom is -0.516 e. The number of alkyl halides is 1. The molecule has 0 saturated heterocycles. The van der Waals surface area contributed by atoms with E-state index in [1.807, 2.05) is 24.0 Å². The summed E-state index contributed by atoms with van der Waals surface area (Å²) >= 11 is 2.15. The quantitative estimate of drug-likeness (QED) is 0.236. The van der Waals surface area contributed by atoms with E-state index in [4.69, 9.17) is 4.74 Å². The van der Waals surface area contributed by atoms with Crippen LogP contribution < -0.4 is 4.74 Å². The zero-order chi connectivity index (χ0) is 19.0. The van der Waals surface area contributed by atoms with Crippen LogP contribution in [0.5, 0.6) is 11.5 Å². The van der Waals surface area contributed by atoms with E-state index in [2.05, 4.69) is 28.7 Å². The first-order chi connectivity index (χ1) is 11.9. The third-order valence-electron chi connectivity index (χ3n) is 3.58. The van der Waals surface area contributed by atoms with E-state index < -0.39 is 0 Å². The van der Waals surface area contributed by atoms with Crippen molar-refractivity contribution in [3.8, 4) is 11.5 Å². The van der Waals surface area contributed by atoms with Crippen molar-refractivity contribution >= 4 is 34.3 Å². The first-order valence-electron chi connectivity index (χ1n) is 7.76. The van der Waals surface area contributed by atoms with Gasteiger partial charge in [0.1, 0.15) is 5.75 Å². The zero-order valence-corrected chi connectivity index (χ0v) is 20.8. The summed E-state index contributed by atoms with van der Waals surface area (Å²) in [6.45, 7) is 5.35. The van der Waals surface area contributed by atoms with E-state index in [9.17, 15) is 9.59 Å². The van der Waals surface area contributed by atoms with E-state index >= 15 is 0 Å². The van der Waals surface area contributed by atoms with Gasteiger partial charge in [-0.15, -0.1) is 12.1 Å². The summed E-state index contributed by atoms with van der Waals surface area (Å²) in [7, 11) is 1.71. The van der Waals surface area contributed by atoms with E-state index in [0.717, 1.165) is 11.1 Å². The average molecular weight is 541 g/mol. The summed E-state index contributed by atoms with van der Waals surface area (Å²) in [5, 5.41) is 0. The Morgan fingerprint density at radius 3 is 2.31 bits per heavy atom. The van der Waals surface area contributed by atoms with Crippen LogP contribution in [-0.4, -0.2) is 28.6 Å².